The third kappa shape index (κ3) is 3.47. The molecule has 1 aromatic carbocycles. The largest absolute Gasteiger partial charge is 0.481 e. The average Bonchev–Trinajstić information content (AvgIpc) is 2.34. The Hall–Kier alpha value is -1.75. The highest BCUT2D eigenvalue weighted by Crippen LogP contribution is 2.36. The number of alkyl halides is 3. The summed E-state index contributed by atoms with van der Waals surface area (Å²) in [6, 6.07) is 2.09. The van der Waals surface area contributed by atoms with Crippen LogP contribution in [0.3, 0.4) is 0 Å². The number of rotatable bonds is 2. The number of thioether (sulfide) groups is 1. The Morgan fingerprint density at radius 2 is 2.05 bits per heavy atom. The summed E-state index contributed by atoms with van der Waals surface area (Å²) in [4.78, 5) is 10.0. The Morgan fingerprint density at radius 3 is 2.62 bits per heavy atom. The maximum Gasteiger partial charge on any atom is 0.416 e. The summed E-state index contributed by atoms with van der Waals surface area (Å²) >= 11 is 0.564. The molecule has 0 radical (unpaired) electrons. The maximum atomic E-state index is 12.6. The molecule has 6 nitrogen and oxygen atoms in total. The van der Waals surface area contributed by atoms with E-state index in [2.05, 4.69) is 9.71 Å². The summed E-state index contributed by atoms with van der Waals surface area (Å²) in [5.74, 6) is -1.69. The van der Waals surface area contributed by atoms with Gasteiger partial charge in [0.1, 0.15) is 4.90 Å². The van der Waals surface area contributed by atoms with Gasteiger partial charge in [-0.05, 0) is 18.2 Å². The maximum absolute atomic E-state index is 12.6. The number of carboxylic acids is 1. The van der Waals surface area contributed by atoms with Gasteiger partial charge in [-0.1, -0.05) is 11.8 Å². The fraction of sp³-hybridized carbons (Fsp3) is 0.200. The fourth-order valence-corrected chi connectivity index (χ4v) is 3.46. The predicted octanol–water partition coefficient (Wildman–Crippen LogP) is 1.99. The first kappa shape index (κ1) is 15.6. The molecule has 0 spiro atoms. The Balaban J connectivity index is 2.40. The van der Waals surface area contributed by atoms with Gasteiger partial charge >= 0.3 is 12.1 Å². The third-order valence-corrected chi connectivity index (χ3v) is 4.67. The molecular formula is C10H7F3N2O4S2. The molecule has 0 amide bonds. The van der Waals surface area contributed by atoms with Crippen LogP contribution in [-0.4, -0.2) is 30.4 Å². The van der Waals surface area contributed by atoms with Crippen LogP contribution in [0.5, 0.6) is 0 Å². The summed E-state index contributed by atoms with van der Waals surface area (Å²) in [7, 11) is -4.16. The number of aliphatic carboxylic acids is 1. The number of amidine groups is 1. The number of fused-ring (bicyclic) bond motifs is 1. The van der Waals surface area contributed by atoms with E-state index >= 15 is 0 Å². The van der Waals surface area contributed by atoms with Crippen molar-refractivity contribution in [1.82, 2.24) is 0 Å². The summed E-state index contributed by atoms with van der Waals surface area (Å²) in [6.45, 7) is 0. The number of nitrogens with zero attached hydrogens (tertiary/aromatic N) is 1. The second kappa shape index (κ2) is 5.22. The average molecular weight is 340 g/mol. The summed E-state index contributed by atoms with van der Waals surface area (Å²) < 4.78 is 64.8. The van der Waals surface area contributed by atoms with E-state index < -0.39 is 38.4 Å². The van der Waals surface area contributed by atoms with Crippen LogP contribution in [0.1, 0.15) is 5.56 Å². The fourth-order valence-electron chi connectivity index (χ4n) is 1.52. The highest BCUT2D eigenvalue weighted by molar-refractivity contribution is 8.15. The number of anilines is 1. The molecule has 114 valence electrons. The number of carbonyl (C=O) groups is 1. The van der Waals surface area contributed by atoms with E-state index in [0.717, 1.165) is 6.07 Å². The molecule has 0 fully saturated rings. The number of halogens is 3. The zero-order chi connectivity index (χ0) is 15.8. The highest BCUT2D eigenvalue weighted by Gasteiger charge is 2.33. The van der Waals surface area contributed by atoms with Crippen LogP contribution in [0.4, 0.5) is 18.9 Å². The minimum atomic E-state index is -4.62. The van der Waals surface area contributed by atoms with E-state index in [9.17, 15) is 26.4 Å². The number of carboxylic acid groups (broad SMARTS) is 1. The van der Waals surface area contributed by atoms with E-state index in [1.54, 1.807) is 0 Å². The minimum absolute atomic E-state index is 0.285. The molecule has 0 aliphatic carbocycles. The molecule has 2 rings (SSSR count). The van der Waals surface area contributed by atoms with Crippen LogP contribution in [0.25, 0.3) is 0 Å². The molecule has 11 heteroatoms. The molecule has 0 aromatic heterocycles. The van der Waals surface area contributed by atoms with Crippen molar-refractivity contribution in [3.63, 3.8) is 0 Å². The molecule has 0 unspecified atom stereocenters. The number of hydrogen-bond acceptors (Lipinski definition) is 5. The van der Waals surface area contributed by atoms with E-state index in [-0.39, 0.29) is 10.9 Å². The lowest BCUT2D eigenvalue weighted by atomic mass is 10.2. The van der Waals surface area contributed by atoms with Crippen LogP contribution < -0.4 is 5.32 Å². The molecule has 1 aliphatic rings. The van der Waals surface area contributed by atoms with Crippen molar-refractivity contribution in [2.75, 3.05) is 11.1 Å². The minimum Gasteiger partial charge on any atom is -0.481 e. The zero-order valence-corrected chi connectivity index (χ0v) is 11.6. The number of sulfonamides is 1. The molecular weight excluding hydrogens is 333 g/mol. The van der Waals surface area contributed by atoms with E-state index in [1.807, 2.05) is 0 Å². The topological polar surface area (TPSA) is 95.8 Å². The lowest BCUT2D eigenvalue weighted by molar-refractivity contribution is -0.137. The standard InChI is InChI=1S/C10H7F3N2O4S2/c11-10(12,13)5-1-2-7-6(3-5)14-9(15-21(7,18)19)20-4-8(16)17/h1-3H,4H2,(H,14,15)(H,16,17). The number of benzene rings is 1. The van der Waals surface area contributed by atoms with Gasteiger partial charge in [0.15, 0.2) is 5.17 Å². The normalized spacial score (nSPS) is 16.6. The van der Waals surface area contributed by atoms with Gasteiger partial charge in [0.25, 0.3) is 10.0 Å². The molecule has 2 N–H and O–H groups in total. The lowest BCUT2D eigenvalue weighted by Gasteiger charge is -2.18. The molecule has 1 aliphatic heterocycles. The first-order valence-corrected chi connectivity index (χ1v) is 7.70. The van der Waals surface area contributed by atoms with Gasteiger partial charge in [-0.2, -0.15) is 21.6 Å². The van der Waals surface area contributed by atoms with Crippen LogP contribution in [0.15, 0.2) is 27.5 Å². The van der Waals surface area contributed by atoms with Crippen molar-refractivity contribution in [2.24, 2.45) is 4.40 Å². The second-order valence-electron chi connectivity index (χ2n) is 3.89. The molecule has 21 heavy (non-hydrogen) atoms. The van der Waals surface area contributed by atoms with Crippen molar-refractivity contribution < 1.29 is 31.5 Å². The van der Waals surface area contributed by atoms with Gasteiger partial charge in [0.2, 0.25) is 0 Å². The van der Waals surface area contributed by atoms with Gasteiger partial charge in [-0.3, -0.25) is 4.79 Å². The van der Waals surface area contributed by atoms with Gasteiger partial charge < -0.3 is 10.4 Å². The van der Waals surface area contributed by atoms with Crippen molar-refractivity contribution >= 4 is 38.6 Å². The first-order valence-electron chi connectivity index (χ1n) is 5.27. The third-order valence-electron chi connectivity index (χ3n) is 2.36. The molecule has 1 aromatic rings. The summed E-state index contributed by atoms with van der Waals surface area (Å²) in [5.41, 5.74) is -1.30. The SMILES string of the molecule is O=C(O)CSC1=NS(=O)(=O)c2ccc(C(F)(F)F)cc2N1. The van der Waals surface area contributed by atoms with Gasteiger partial charge in [0, 0.05) is 0 Å². The number of hydrogen-bond donors (Lipinski definition) is 2. The van der Waals surface area contributed by atoms with E-state index in [0.29, 0.717) is 23.9 Å². The van der Waals surface area contributed by atoms with Crippen LogP contribution in [-0.2, 0) is 21.0 Å². The quantitative estimate of drug-likeness (QED) is 0.855. The second-order valence-corrected chi connectivity index (χ2v) is 6.42. The van der Waals surface area contributed by atoms with E-state index in [1.165, 1.54) is 0 Å². The molecule has 1 heterocycles. The van der Waals surface area contributed by atoms with E-state index in [4.69, 9.17) is 5.11 Å². The van der Waals surface area contributed by atoms with Crippen molar-refractivity contribution in [3.05, 3.63) is 23.8 Å². The van der Waals surface area contributed by atoms with Gasteiger partial charge in [-0.25, -0.2) is 0 Å². The Bertz CT molecular complexity index is 728. The van der Waals surface area contributed by atoms with Crippen LogP contribution in [0.2, 0.25) is 0 Å². The number of nitrogens with one attached hydrogen (secondary N) is 1. The van der Waals surface area contributed by atoms with Crippen LogP contribution in [0, 0.1) is 0 Å². The van der Waals surface area contributed by atoms with Crippen molar-refractivity contribution in [1.29, 1.82) is 0 Å². The molecule has 0 saturated heterocycles. The smallest absolute Gasteiger partial charge is 0.416 e. The highest BCUT2D eigenvalue weighted by atomic mass is 32.2. The Labute approximate surface area is 121 Å². The molecule has 0 atom stereocenters. The predicted molar refractivity (Wildman–Crippen MR) is 69.8 cm³/mol. The monoisotopic (exact) mass is 340 g/mol. The van der Waals surface area contributed by atoms with Gasteiger partial charge in [0.05, 0.1) is 17.0 Å². The zero-order valence-electron chi connectivity index (χ0n) is 10.0. The summed E-state index contributed by atoms with van der Waals surface area (Å²) in [5, 5.41) is 10.6. The van der Waals surface area contributed by atoms with Crippen molar-refractivity contribution in [2.45, 2.75) is 11.1 Å². The Morgan fingerprint density at radius 1 is 1.38 bits per heavy atom. The summed E-state index contributed by atoms with van der Waals surface area (Å²) in [6.07, 6.45) is -4.62. The molecule has 0 bridgehead atoms. The Kier molecular flexibility index (Phi) is 3.89. The van der Waals surface area contributed by atoms with Crippen molar-refractivity contribution in [3.8, 4) is 0 Å². The molecule has 0 saturated carbocycles. The lowest BCUT2D eigenvalue weighted by Crippen LogP contribution is -2.21. The first-order chi connectivity index (χ1) is 9.59. The van der Waals surface area contributed by atoms with Crippen LogP contribution >= 0.6 is 11.8 Å². The van der Waals surface area contributed by atoms with Gasteiger partial charge in [-0.15, -0.1) is 4.40 Å².